The van der Waals surface area contributed by atoms with Gasteiger partial charge >= 0.3 is 0 Å². The van der Waals surface area contributed by atoms with Gasteiger partial charge < -0.3 is 10.0 Å². The highest BCUT2D eigenvalue weighted by molar-refractivity contribution is 5.79. The third kappa shape index (κ3) is 0.872. The number of fused-ring (bicyclic) bond motifs is 1. The number of carbonyl (C=O) groups is 1. The number of hydrogen-bond acceptors (Lipinski definition) is 2. The summed E-state index contributed by atoms with van der Waals surface area (Å²) in [6.07, 6.45) is 2.20. The lowest BCUT2D eigenvalue weighted by atomic mass is 9.95. The minimum Gasteiger partial charge on any atom is -0.388 e. The van der Waals surface area contributed by atoms with E-state index >= 15 is 0 Å². The summed E-state index contributed by atoms with van der Waals surface area (Å²) >= 11 is 0. The van der Waals surface area contributed by atoms with Gasteiger partial charge in [-0.3, -0.25) is 4.79 Å². The van der Waals surface area contributed by atoms with Gasteiger partial charge in [0, 0.05) is 13.0 Å². The van der Waals surface area contributed by atoms with Crippen molar-refractivity contribution in [2.45, 2.75) is 37.8 Å². The molecule has 2 aliphatic heterocycles. The van der Waals surface area contributed by atoms with E-state index < -0.39 is 5.60 Å². The van der Waals surface area contributed by atoms with Gasteiger partial charge in [0.25, 0.3) is 0 Å². The molecule has 2 fully saturated rings. The summed E-state index contributed by atoms with van der Waals surface area (Å²) in [5.41, 5.74) is -0.619. The monoisotopic (exact) mass is 155 g/mol. The predicted octanol–water partition coefficient (Wildman–Crippen LogP) is 0.132. The topological polar surface area (TPSA) is 40.5 Å². The molecule has 1 N–H and O–H groups in total. The lowest BCUT2D eigenvalue weighted by Gasteiger charge is -2.24. The lowest BCUT2D eigenvalue weighted by Crippen LogP contribution is -2.39. The zero-order chi connectivity index (χ0) is 8.06. The van der Waals surface area contributed by atoms with Crippen molar-refractivity contribution in [3.8, 4) is 0 Å². The molecule has 3 heteroatoms. The van der Waals surface area contributed by atoms with E-state index in [0.29, 0.717) is 6.42 Å². The van der Waals surface area contributed by atoms with E-state index in [1.165, 1.54) is 0 Å². The van der Waals surface area contributed by atoms with Crippen molar-refractivity contribution in [2.75, 3.05) is 6.54 Å². The summed E-state index contributed by atoms with van der Waals surface area (Å²) in [5.74, 6) is 0.216. The molecule has 0 aromatic heterocycles. The molecule has 11 heavy (non-hydrogen) atoms. The molecule has 0 aliphatic carbocycles. The van der Waals surface area contributed by atoms with Crippen LogP contribution in [0.1, 0.15) is 26.2 Å². The maximum Gasteiger partial charge on any atom is 0.222 e. The number of amides is 1. The van der Waals surface area contributed by atoms with Crippen molar-refractivity contribution in [2.24, 2.45) is 0 Å². The van der Waals surface area contributed by atoms with Gasteiger partial charge in [0.1, 0.15) is 0 Å². The van der Waals surface area contributed by atoms with Crippen molar-refractivity contribution < 1.29 is 9.90 Å². The first-order valence-electron chi connectivity index (χ1n) is 4.13. The van der Waals surface area contributed by atoms with Gasteiger partial charge in [-0.1, -0.05) is 0 Å². The summed E-state index contributed by atoms with van der Waals surface area (Å²) in [7, 11) is 0. The predicted molar refractivity (Wildman–Crippen MR) is 40.0 cm³/mol. The van der Waals surface area contributed by atoms with Crippen molar-refractivity contribution >= 4 is 5.91 Å². The molecule has 2 heterocycles. The summed E-state index contributed by atoms with van der Waals surface area (Å²) in [6.45, 7) is 2.58. The van der Waals surface area contributed by atoms with Gasteiger partial charge in [-0.05, 0) is 19.8 Å². The first-order valence-corrected chi connectivity index (χ1v) is 4.13. The van der Waals surface area contributed by atoms with Crippen LogP contribution >= 0.6 is 0 Å². The SMILES string of the molecule is C[C@]1(O)CCN2C(=O)CC[C@@H]21. The second-order valence-electron chi connectivity index (χ2n) is 3.75. The molecular weight excluding hydrogens is 142 g/mol. The van der Waals surface area contributed by atoms with Gasteiger partial charge in [-0.15, -0.1) is 0 Å². The molecular formula is C8H13NO2. The highest BCUT2D eigenvalue weighted by atomic mass is 16.3. The Morgan fingerprint density at radius 2 is 2.45 bits per heavy atom. The average Bonchev–Trinajstić information content (AvgIpc) is 2.39. The van der Waals surface area contributed by atoms with E-state index in [2.05, 4.69) is 0 Å². The van der Waals surface area contributed by atoms with Crippen LogP contribution in [0.3, 0.4) is 0 Å². The zero-order valence-electron chi connectivity index (χ0n) is 6.71. The largest absolute Gasteiger partial charge is 0.388 e. The van der Waals surface area contributed by atoms with Crippen molar-refractivity contribution in [3.05, 3.63) is 0 Å². The molecule has 0 aromatic carbocycles. The summed E-state index contributed by atoms with van der Waals surface area (Å²) in [4.78, 5) is 13.0. The standard InChI is InChI=1S/C8H13NO2/c1-8(11)4-5-9-6(8)2-3-7(9)10/h6,11H,2-5H2,1H3/t6-,8+/m1/s1. The fourth-order valence-electron chi connectivity index (χ4n) is 2.17. The van der Waals surface area contributed by atoms with E-state index in [1.54, 1.807) is 0 Å². The average molecular weight is 155 g/mol. The lowest BCUT2D eigenvalue weighted by molar-refractivity contribution is -0.128. The Labute approximate surface area is 66.0 Å². The van der Waals surface area contributed by atoms with Gasteiger partial charge in [0.15, 0.2) is 0 Å². The van der Waals surface area contributed by atoms with Crippen LogP contribution in [0.15, 0.2) is 0 Å². The molecule has 3 nitrogen and oxygen atoms in total. The Morgan fingerprint density at radius 3 is 3.09 bits per heavy atom. The van der Waals surface area contributed by atoms with Crippen LogP contribution in [0.5, 0.6) is 0 Å². The molecule has 1 amide bonds. The van der Waals surface area contributed by atoms with E-state index in [-0.39, 0.29) is 11.9 Å². The highest BCUT2D eigenvalue weighted by Crippen LogP contribution is 2.35. The second kappa shape index (κ2) is 1.97. The molecule has 2 aliphatic rings. The van der Waals surface area contributed by atoms with Crippen LogP contribution in [0, 0.1) is 0 Å². The van der Waals surface area contributed by atoms with Crippen LogP contribution in [0.2, 0.25) is 0 Å². The maximum absolute atomic E-state index is 11.2. The molecule has 0 aromatic rings. The normalized spacial score (nSPS) is 43.3. The number of carbonyl (C=O) groups excluding carboxylic acids is 1. The smallest absolute Gasteiger partial charge is 0.222 e. The third-order valence-corrected chi connectivity index (χ3v) is 2.90. The van der Waals surface area contributed by atoms with Crippen molar-refractivity contribution in [3.63, 3.8) is 0 Å². The summed E-state index contributed by atoms with van der Waals surface area (Å²) in [5, 5.41) is 9.79. The van der Waals surface area contributed by atoms with Crippen molar-refractivity contribution in [1.82, 2.24) is 4.90 Å². The molecule has 0 radical (unpaired) electrons. The van der Waals surface area contributed by atoms with Gasteiger partial charge in [-0.2, -0.15) is 0 Å². The van der Waals surface area contributed by atoms with Gasteiger partial charge in [-0.25, -0.2) is 0 Å². The Bertz CT molecular complexity index is 200. The molecule has 0 spiro atoms. The first-order chi connectivity index (χ1) is 5.11. The first kappa shape index (κ1) is 7.10. The van der Waals surface area contributed by atoms with Crippen LogP contribution < -0.4 is 0 Å². The molecule has 2 rings (SSSR count). The van der Waals surface area contributed by atoms with Gasteiger partial charge in [0.2, 0.25) is 5.91 Å². The Hall–Kier alpha value is -0.570. The minimum atomic E-state index is -0.619. The number of aliphatic hydroxyl groups is 1. The number of nitrogens with zero attached hydrogens (tertiary/aromatic N) is 1. The maximum atomic E-state index is 11.2. The zero-order valence-corrected chi connectivity index (χ0v) is 6.71. The fourth-order valence-corrected chi connectivity index (χ4v) is 2.17. The van der Waals surface area contributed by atoms with Crippen LogP contribution in [0.4, 0.5) is 0 Å². The number of rotatable bonds is 0. The molecule has 0 bridgehead atoms. The van der Waals surface area contributed by atoms with E-state index in [4.69, 9.17) is 0 Å². The fraction of sp³-hybridized carbons (Fsp3) is 0.875. The number of hydrogen-bond donors (Lipinski definition) is 1. The second-order valence-corrected chi connectivity index (χ2v) is 3.75. The Morgan fingerprint density at radius 1 is 1.73 bits per heavy atom. The van der Waals surface area contributed by atoms with E-state index in [1.807, 2.05) is 11.8 Å². The highest BCUT2D eigenvalue weighted by Gasteiger charge is 2.47. The van der Waals surface area contributed by atoms with Crippen LogP contribution in [0.25, 0.3) is 0 Å². The molecule has 0 saturated carbocycles. The summed E-state index contributed by atoms with van der Waals surface area (Å²) < 4.78 is 0. The molecule has 0 unspecified atom stereocenters. The van der Waals surface area contributed by atoms with Crippen LogP contribution in [-0.2, 0) is 4.79 Å². The Balaban J connectivity index is 2.23. The third-order valence-electron chi connectivity index (χ3n) is 2.90. The summed E-state index contributed by atoms with van der Waals surface area (Å²) in [6, 6.07) is 0.106. The minimum absolute atomic E-state index is 0.106. The Kier molecular flexibility index (Phi) is 1.27. The molecule has 2 atom stereocenters. The van der Waals surface area contributed by atoms with E-state index in [9.17, 15) is 9.90 Å². The molecule has 62 valence electrons. The molecule has 2 saturated heterocycles. The quantitative estimate of drug-likeness (QED) is 0.540. The van der Waals surface area contributed by atoms with Crippen molar-refractivity contribution in [1.29, 1.82) is 0 Å². The van der Waals surface area contributed by atoms with E-state index in [0.717, 1.165) is 19.4 Å². The van der Waals surface area contributed by atoms with Gasteiger partial charge in [0.05, 0.1) is 11.6 Å². The van der Waals surface area contributed by atoms with Crippen LogP contribution in [-0.4, -0.2) is 34.1 Å².